The lowest BCUT2D eigenvalue weighted by molar-refractivity contribution is 0.208. The van der Waals surface area contributed by atoms with Gasteiger partial charge in [-0.3, -0.25) is 0 Å². The summed E-state index contributed by atoms with van der Waals surface area (Å²) in [5, 5.41) is 12.2. The van der Waals surface area contributed by atoms with Gasteiger partial charge in [-0.25, -0.2) is 4.39 Å². The molecule has 1 atom stereocenters. The maximum absolute atomic E-state index is 13.0. The van der Waals surface area contributed by atoms with Gasteiger partial charge in [0.25, 0.3) is 0 Å². The summed E-state index contributed by atoms with van der Waals surface area (Å²) in [7, 11) is 0. The molecule has 1 aromatic carbocycles. The number of hydrogen-bond acceptors (Lipinski definition) is 2. The van der Waals surface area contributed by atoms with Crippen LogP contribution in [0.3, 0.4) is 0 Å². The van der Waals surface area contributed by atoms with Crippen molar-refractivity contribution in [3.63, 3.8) is 0 Å². The van der Waals surface area contributed by atoms with Gasteiger partial charge in [0.1, 0.15) is 5.82 Å². The first-order chi connectivity index (χ1) is 6.09. The van der Waals surface area contributed by atoms with Crippen molar-refractivity contribution >= 4 is 17.3 Å². The van der Waals surface area contributed by atoms with E-state index < -0.39 is 6.10 Å². The highest BCUT2D eigenvalue weighted by Crippen LogP contribution is 2.19. The van der Waals surface area contributed by atoms with Gasteiger partial charge in [0.05, 0.1) is 11.8 Å². The summed E-state index contributed by atoms with van der Waals surface area (Å²) in [4.78, 5) is 0. The second-order valence-electron chi connectivity index (χ2n) is 2.85. The number of nitrogens with one attached hydrogen (secondary N) is 1. The zero-order chi connectivity index (χ0) is 9.84. The lowest BCUT2D eigenvalue weighted by atomic mass is 10.3. The molecular formula is C9H11ClFNO. The van der Waals surface area contributed by atoms with Crippen LogP contribution in [0.25, 0.3) is 0 Å². The average molecular weight is 204 g/mol. The molecule has 2 N–H and O–H groups in total. The number of anilines is 1. The minimum absolute atomic E-state index is 0.303. The molecule has 0 radical (unpaired) electrons. The highest BCUT2D eigenvalue weighted by Gasteiger charge is 2.02. The van der Waals surface area contributed by atoms with Crippen LogP contribution in [0.4, 0.5) is 10.1 Å². The number of rotatable bonds is 3. The van der Waals surface area contributed by atoms with Gasteiger partial charge in [0.15, 0.2) is 0 Å². The van der Waals surface area contributed by atoms with Crippen molar-refractivity contribution in [2.45, 2.75) is 13.0 Å². The minimum atomic E-state index is -0.515. The first-order valence-corrected chi connectivity index (χ1v) is 4.34. The normalized spacial score (nSPS) is 12.6. The van der Waals surface area contributed by atoms with E-state index in [1.165, 1.54) is 18.2 Å². The molecule has 0 aliphatic heterocycles. The summed E-state index contributed by atoms with van der Waals surface area (Å²) in [6.07, 6.45) is -0.515. The second kappa shape index (κ2) is 4.44. The van der Waals surface area contributed by atoms with Gasteiger partial charge in [-0.2, -0.15) is 0 Å². The van der Waals surface area contributed by atoms with Crippen molar-refractivity contribution in [1.29, 1.82) is 0 Å². The van der Waals surface area contributed by atoms with Gasteiger partial charge >= 0.3 is 0 Å². The summed E-state index contributed by atoms with van der Waals surface area (Å²) in [5.41, 5.74) is 0.313. The highest BCUT2D eigenvalue weighted by atomic mass is 35.5. The Labute approximate surface area is 81.3 Å². The molecule has 1 rings (SSSR count). The third-order valence-corrected chi connectivity index (χ3v) is 1.75. The van der Waals surface area contributed by atoms with Crippen LogP contribution in [0.1, 0.15) is 6.92 Å². The standard InChI is InChI=1S/C9H11ClFNO/c1-6(13)5-12-9-4-7(10)2-3-8(9)11/h2-4,6,12-13H,5H2,1H3/t6-/m1/s1. The van der Waals surface area contributed by atoms with Gasteiger partial charge in [-0.1, -0.05) is 11.6 Å². The lowest BCUT2D eigenvalue weighted by Crippen LogP contribution is -2.15. The number of hydrogen-bond donors (Lipinski definition) is 2. The fraction of sp³-hybridized carbons (Fsp3) is 0.333. The predicted molar refractivity (Wildman–Crippen MR) is 51.6 cm³/mol. The fourth-order valence-corrected chi connectivity index (χ4v) is 1.06. The summed E-state index contributed by atoms with van der Waals surface area (Å²) in [6.45, 7) is 1.92. The van der Waals surface area contributed by atoms with Crippen LogP contribution < -0.4 is 5.32 Å². The molecule has 0 unspecified atom stereocenters. The SMILES string of the molecule is C[C@@H](O)CNc1cc(Cl)ccc1F. The molecule has 13 heavy (non-hydrogen) atoms. The molecule has 0 saturated carbocycles. The Hall–Kier alpha value is -0.800. The third kappa shape index (κ3) is 3.20. The summed E-state index contributed by atoms with van der Waals surface area (Å²) in [5.74, 6) is -0.370. The Bertz CT molecular complexity index is 291. The van der Waals surface area contributed by atoms with Crippen molar-refractivity contribution in [2.24, 2.45) is 0 Å². The van der Waals surface area contributed by atoms with E-state index in [0.29, 0.717) is 17.3 Å². The average Bonchev–Trinajstić information content (AvgIpc) is 2.06. The molecule has 0 amide bonds. The van der Waals surface area contributed by atoms with Crippen LogP contribution in [0.2, 0.25) is 5.02 Å². The number of aliphatic hydroxyl groups is 1. The van der Waals surface area contributed by atoms with E-state index in [0.717, 1.165) is 0 Å². The Morgan fingerprint density at radius 3 is 2.92 bits per heavy atom. The van der Waals surface area contributed by atoms with Gasteiger partial charge < -0.3 is 10.4 Å². The largest absolute Gasteiger partial charge is 0.392 e. The van der Waals surface area contributed by atoms with E-state index >= 15 is 0 Å². The van der Waals surface area contributed by atoms with E-state index in [9.17, 15) is 4.39 Å². The van der Waals surface area contributed by atoms with Crippen LogP contribution in [0, 0.1) is 5.82 Å². The monoisotopic (exact) mass is 203 g/mol. The van der Waals surface area contributed by atoms with Gasteiger partial charge in [0.2, 0.25) is 0 Å². The van der Waals surface area contributed by atoms with Gasteiger partial charge in [-0.05, 0) is 25.1 Å². The van der Waals surface area contributed by atoms with Crippen molar-refractivity contribution in [3.8, 4) is 0 Å². The zero-order valence-corrected chi connectivity index (χ0v) is 7.98. The molecule has 2 nitrogen and oxygen atoms in total. The first-order valence-electron chi connectivity index (χ1n) is 3.96. The molecule has 72 valence electrons. The molecule has 0 bridgehead atoms. The molecule has 1 aromatic rings. The third-order valence-electron chi connectivity index (χ3n) is 1.52. The van der Waals surface area contributed by atoms with Gasteiger partial charge in [-0.15, -0.1) is 0 Å². The van der Waals surface area contributed by atoms with Crippen LogP contribution >= 0.6 is 11.6 Å². The molecule has 0 aromatic heterocycles. The Balaban J connectivity index is 2.70. The van der Waals surface area contributed by atoms with Crippen molar-refractivity contribution < 1.29 is 9.50 Å². The van der Waals surface area contributed by atoms with Crippen molar-refractivity contribution in [3.05, 3.63) is 29.0 Å². The molecule has 0 saturated heterocycles. The molecule has 0 heterocycles. The molecular weight excluding hydrogens is 193 g/mol. The first kappa shape index (κ1) is 10.3. The quantitative estimate of drug-likeness (QED) is 0.790. The van der Waals surface area contributed by atoms with Crippen LogP contribution in [0.5, 0.6) is 0 Å². The van der Waals surface area contributed by atoms with E-state index in [1.54, 1.807) is 6.92 Å². The minimum Gasteiger partial charge on any atom is -0.392 e. The number of benzene rings is 1. The van der Waals surface area contributed by atoms with Crippen LogP contribution in [-0.2, 0) is 0 Å². The predicted octanol–water partition coefficient (Wildman–Crippen LogP) is 2.27. The van der Waals surface area contributed by atoms with E-state index in [2.05, 4.69) is 5.32 Å². The Morgan fingerprint density at radius 1 is 1.62 bits per heavy atom. The summed E-state index contributed by atoms with van der Waals surface area (Å²) < 4.78 is 13.0. The Kier molecular flexibility index (Phi) is 3.51. The van der Waals surface area contributed by atoms with Crippen LogP contribution in [0.15, 0.2) is 18.2 Å². The molecule has 0 aliphatic carbocycles. The number of aliphatic hydroxyl groups excluding tert-OH is 1. The van der Waals surface area contributed by atoms with E-state index in [-0.39, 0.29) is 5.82 Å². The van der Waals surface area contributed by atoms with E-state index in [4.69, 9.17) is 16.7 Å². The topological polar surface area (TPSA) is 32.3 Å². The smallest absolute Gasteiger partial charge is 0.146 e. The van der Waals surface area contributed by atoms with Crippen molar-refractivity contribution in [2.75, 3.05) is 11.9 Å². The molecule has 0 fully saturated rings. The molecule has 4 heteroatoms. The fourth-order valence-electron chi connectivity index (χ4n) is 0.891. The van der Waals surface area contributed by atoms with Gasteiger partial charge in [0, 0.05) is 11.6 Å². The highest BCUT2D eigenvalue weighted by molar-refractivity contribution is 6.30. The summed E-state index contributed by atoms with van der Waals surface area (Å²) >= 11 is 5.66. The number of halogens is 2. The van der Waals surface area contributed by atoms with E-state index in [1.807, 2.05) is 0 Å². The summed E-state index contributed by atoms with van der Waals surface area (Å²) in [6, 6.07) is 4.25. The Morgan fingerprint density at radius 2 is 2.31 bits per heavy atom. The maximum Gasteiger partial charge on any atom is 0.146 e. The van der Waals surface area contributed by atoms with Crippen molar-refractivity contribution in [1.82, 2.24) is 0 Å². The zero-order valence-electron chi connectivity index (χ0n) is 7.22. The van der Waals surface area contributed by atoms with Crippen LogP contribution in [-0.4, -0.2) is 17.8 Å². The lowest BCUT2D eigenvalue weighted by Gasteiger charge is -2.09. The maximum atomic E-state index is 13.0. The second-order valence-corrected chi connectivity index (χ2v) is 3.29. The molecule has 0 aliphatic rings. The molecule has 0 spiro atoms.